The molecule has 0 unspecified atom stereocenters. The molecule has 3 aromatic carbocycles. The topological polar surface area (TPSA) is 68.7 Å². The van der Waals surface area contributed by atoms with Gasteiger partial charge in [0.2, 0.25) is 0 Å². The van der Waals surface area contributed by atoms with Crippen LogP contribution in [0.4, 0.5) is 0 Å². The molecule has 7 heteroatoms. The van der Waals surface area contributed by atoms with Crippen molar-refractivity contribution in [3.8, 4) is 34.8 Å². The van der Waals surface area contributed by atoms with Gasteiger partial charge in [0.15, 0.2) is 0 Å². The summed E-state index contributed by atoms with van der Waals surface area (Å²) in [6.07, 6.45) is 5.50. The molecule has 0 spiro atoms. The molecule has 0 fully saturated rings. The molecule has 0 aliphatic carbocycles. The van der Waals surface area contributed by atoms with E-state index in [9.17, 15) is 5.26 Å². The van der Waals surface area contributed by atoms with Crippen molar-refractivity contribution in [2.24, 2.45) is 7.05 Å². The van der Waals surface area contributed by atoms with Crippen molar-refractivity contribution < 1.29 is 25.8 Å². The monoisotopic (exact) mass is 690 g/mol. The standard InChI is InChI=1S/C32H25N5O.Pt/c1-32(2,3)23-12-13-34-30(18-23)37-28-11-8-21(20-33)16-27(28)26-10-9-25(19-29(26)37)38-24-7-5-6-22(17-24)31-35-14-15-36(31)4;/h5-16,18H,1-4H3;/q-2;+2. The SMILES string of the molecule is Cn1ccnc1-c1[c-]c(Oc2[c-]c3c(cc2)c2cc(C#N)ccc2n3-c2cc(C(C)(C)C)ccn2)ccc1.[Pt+2]. The number of ether oxygens (including phenoxy) is 1. The van der Waals surface area contributed by atoms with Crippen LogP contribution in [0.1, 0.15) is 31.9 Å². The van der Waals surface area contributed by atoms with Crippen LogP contribution in [0.2, 0.25) is 0 Å². The number of hydrogen-bond donors (Lipinski definition) is 0. The quantitative estimate of drug-likeness (QED) is 0.185. The van der Waals surface area contributed by atoms with Crippen LogP contribution in [-0.4, -0.2) is 19.1 Å². The summed E-state index contributed by atoms with van der Waals surface area (Å²) in [6, 6.07) is 28.6. The Hall–Kier alpha value is -4.20. The number of aromatic nitrogens is 4. The Labute approximate surface area is 241 Å². The van der Waals surface area contributed by atoms with Crippen molar-refractivity contribution in [3.63, 3.8) is 0 Å². The number of aryl methyl sites for hydroxylation is 1. The average molecular weight is 691 g/mol. The summed E-state index contributed by atoms with van der Waals surface area (Å²) in [5.41, 5.74) is 4.38. The van der Waals surface area contributed by atoms with Crippen molar-refractivity contribution in [3.05, 3.63) is 103 Å². The van der Waals surface area contributed by atoms with Gasteiger partial charge in [0, 0.05) is 42.7 Å². The van der Waals surface area contributed by atoms with E-state index in [2.05, 4.69) is 54.6 Å². The van der Waals surface area contributed by atoms with E-state index < -0.39 is 0 Å². The second kappa shape index (κ2) is 10.2. The fourth-order valence-corrected chi connectivity index (χ4v) is 4.68. The first-order valence-corrected chi connectivity index (χ1v) is 12.4. The maximum atomic E-state index is 9.53. The van der Waals surface area contributed by atoms with Crippen molar-refractivity contribution in [2.75, 3.05) is 0 Å². The molecule has 0 aliphatic rings. The van der Waals surface area contributed by atoms with E-state index in [0.29, 0.717) is 17.1 Å². The first kappa shape index (κ1) is 26.4. The maximum Gasteiger partial charge on any atom is 2.00 e. The average Bonchev–Trinajstić information content (AvgIpc) is 3.48. The van der Waals surface area contributed by atoms with Crippen LogP contribution in [0.15, 0.2) is 79.3 Å². The summed E-state index contributed by atoms with van der Waals surface area (Å²) in [6.45, 7) is 6.56. The predicted octanol–water partition coefficient (Wildman–Crippen LogP) is 7.14. The van der Waals surface area contributed by atoms with E-state index in [1.54, 1.807) is 6.20 Å². The first-order chi connectivity index (χ1) is 18.3. The van der Waals surface area contributed by atoms with Crippen molar-refractivity contribution in [1.82, 2.24) is 19.1 Å². The normalized spacial score (nSPS) is 11.4. The summed E-state index contributed by atoms with van der Waals surface area (Å²) in [4.78, 5) is 9.14. The molecule has 0 radical (unpaired) electrons. The molecule has 0 N–H and O–H groups in total. The van der Waals surface area contributed by atoms with Crippen molar-refractivity contribution in [2.45, 2.75) is 26.2 Å². The zero-order chi connectivity index (χ0) is 26.4. The predicted molar refractivity (Wildman–Crippen MR) is 148 cm³/mol. The molecule has 0 amide bonds. The Kier molecular flexibility index (Phi) is 6.88. The Morgan fingerprint density at radius 2 is 1.72 bits per heavy atom. The fraction of sp³-hybridized carbons (Fsp3) is 0.156. The summed E-state index contributed by atoms with van der Waals surface area (Å²) in [5, 5.41) is 11.5. The molecule has 194 valence electrons. The largest absolute Gasteiger partial charge is 2.00 e. The van der Waals surface area contributed by atoms with Crippen LogP contribution in [0.25, 0.3) is 39.0 Å². The van der Waals surface area contributed by atoms with Gasteiger partial charge in [-0.05, 0) is 46.7 Å². The molecule has 6 aromatic rings. The summed E-state index contributed by atoms with van der Waals surface area (Å²) < 4.78 is 10.3. The Morgan fingerprint density at radius 3 is 2.46 bits per heavy atom. The molecule has 6 nitrogen and oxygen atoms in total. The fourth-order valence-electron chi connectivity index (χ4n) is 4.68. The van der Waals surface area contributed by atoms with Crippen LogP contribution in [0.5, 0.6) is 11.5 Å². The van der Waals surface area contributed by atoms with Gasteiger partial charge in [-0.3, -0.25) is 4.98 Å². The van der Waals surface area contributed by atoms with E-state index in [1.165, 1.54) is 5.56 Å². The van der Waals surface area contributed by atoms with E-state index in [-0.39, 0.29) is 26.5 Å². The minimum Gasteiger partial charge on any atom is -0.503 e. The van der Waals surface area contributed by atoms with Gasteiger partial charge in [0.25, 0.3) is 0 Å². The molecular weight excluding hydrogens is 665 g/mol. The molecule has 0 atom stereocenters. The van der Waals surface area contributed by atoms with Crippen LogP contribution in [0, 0.1) is 23.5 Å². The van der Waals surface area contributed by atoms with Crippen LogP contribution in [0.3, 0.4) is 0 Å². The number of hydrogen-bond acceptors (Lipinski definition) is 4. The van der Waals surface area contributed by atoms with E-state index in [1.807, 2.05) is 78.6 Å². The molecule has 0 saturated heterocycles. The van der Waals surface area contributed by atoms with Gasteiger partial charge in [-0.15, -0.1) is 41.3 Å². The smallest absolute Gasteiger partial charge is 0.503 e. The first-order valence-electron chi connectivity index (χ1n) is 12.4. The van der Waals surface area contributed by atoms with Gasteiger partial charge in [0.1, 0.15) is 5.82 Å². The van der Waals surface area contributed by atoms with Crippen LogP contribution >= 0.6 is 0 Å². The van der Waals surface area contributed by atoms with Crippen LogP contribution < -0.4 is 4.74 Å². The molecule has 3 heterocycles. The minimum absolute atomic E-state index is 0. The van der Waals surface area contributed by atoms with Crippen molar-refractivity contribution >= 4 is 21.8 Å². The second-order valence-corrected chi connectivity index (χ2v) is 10.3. The van der Waals surface area contributed by atoms with E-state index in [4.69, 9.17) is 9.72 Å². The zero-order valence-corrected chi connectivity index (χ0v) is 24.2. The summed E-state index contributed by atoms with van der Waals surface area (Å²) in [5.74, 6) is 2.73. The minimum atomic E-state index is -0.0313. The third-order valence-electron chi connectivity index (χ3n) is 6.67. The van der Waals surface area contributed by atoms with Gasteiger partial charge in [-0.2, -0.15) is 11.3 Å². The molecular formula is C32H25N5OPt. The van der Waals surface area contributed by atoms with Crippen LogP contribution in [-0.2, 0) is 33.5 Å². The van der Waals surface area contributed by atoms with Gasteiger partial charge >= 0.3 is 21.1 Å². The number of pyridine rings is 1. The van der Waals surface area contributed by atoms with E-state index in [0.717, 1.165) is 39.0 Å². The second-order valence-electron chi connectivity index (χ2n) is 10.3. The molecule has 3 aromatic heterocycles. The summed E-state index contributed by atoms with van der Waals surface area (Å²) >= 11 is 0. The van der Waals surface area contributed by atoms with Gasteiger partial charge in [-0.25, -0.2) is 4.98 Å². The molecule has 39 heavy (non-hydrogen) atoms. The number of nitrogens with zero attached hydrogens (tertiary/aromatic N) is 5. The van der Waals surface area contributed by atoms with E-state index >= 15 is 0 Å². The Morgan fingerprint density at radius 1 is 0.897 bits per heavy atom. The third-order valence-corrected chi connectivity index (χ3v) is 6.67. The number of imidazole rings is 1. The maximum absolute atomic E-state index is 9.53. The Bertz CT molecular complexity index is 1870. The number of fused-ring (bicyclic) bond motifs is 3. The van der Waals surface area contributed by atoms with Gasteiger partial charge in [0.05, 0.1) is 17.5 Å². The zero-order valence-electron chi connectivity index (χ0n) is 22.0. The number of rotatable bonds is 4. The molecule has 6 rings (SSSR count). The molecule has 0 saturated carbocycles. The summed E-state index contributed by atoms with van der Waals surface area (Å²) in [7, 11) is 1.95. The molecule has 0 bridgehead atoms. The molecule has 0 aliphatic heterocycles. The number of benzene rings is 3. The number of nitriles is 1. The van der Waals surface area contributed by atoms with Crippen molar-refractivity contribution in [1.29, 1.82) is 5.26 Å². The Balaban J connectivity index is 0.00000308. The van der Waals surface area contributed by atoms with Gasteiger partial charge in [-0.1, -0.05) is 32.4 Å². The van der Waals surface area contributed by atoms with Gasteiger partial charge < -0.3 is 13.9 Å². The third kappa shape index (κ3) is 4.87.